The first-order valence-electron chi connectivity index (χ1n) is 5.14. The van der Waals surface area contributed by atoms with Gasteiger partial charge in [0, 0.05) is 20.0 Å². The van der Waals surface area contributed by atoms with Crippen LogP contribution >= 0.6 is 43.5 Å². The summed E-state index contributed by atoms with van der Waals surface area (Å²) in [6.07, 6.45) is 0. The standard InChI is InChI=1S/C12H7Br2ClN2O2/c13-8-5-7(15)6-9(14)12(8)16-10-3-1-2-4-11(10)17(18)19/h1-6,16H. The molecule has 0 bridgehead atoms. The molecule has 98 valence electrons. The van der Waals surface area contributed by atoms with Crippen LogP contribution in [0.3, 0.4) is 0 Å². The van der Waals surface area contributed by atoms with Crippen LogP contribution in [0.25, 0.3) is 0 Å². The Morgan fingerprint density at radius 2 is 1.74 bits per heavy atom. The van der Waals surface area contributed by atoms with Crippen molar-refractivity contribution in [2.45, 2.75) is 0 Å². The molecule has 0 aliphatic heterocycles. The van der Waals surface area contributed by atoms with E-state index in [0.717, 1.165) is 0 Å². The van der Waals surface area contributed by atoms with Gasteiger partial charge in [0.25, 0.3) is 5.69 Å². The fourth-order valence-electron chi connectivity index (χ4n) is 1.53. The summed E-state index contributed by atoms with van der Waals surface area (Å²) in [6.45, 7) is 0. The van der Waals surface area contributed by atoms with E-state index in [4.69, 9.17) is 11.6 Å². The van der Waals surface area contributed by atoms with Crippen LogP contribution in [0, 0.1) is 10.1 Å². The Kier molecular flexibility index (Phi) is 4.44. The van der Waals surface area contributed by atoms with Gasteiger partial charge in [0.2, 0.25) is 0 Å². The largest absolute Gasteiger partial charge is 0.348 e. The second-order valence-electron chi connectivity index (χ2n) is 3.64. The average molecular weight is 406 g/mol. The van der Waals surface area contributed by atoms with E-state index in [1.807, 2.05) is 0 Å². The zero-order valence-electron chi connectivity index (χ0n) is 9.36. The number of benzene rings is 2. The maximum absolute atomic E-state index is 11.0. The highest BCUT2D eigenvalue weighted by molar-refractivity contribution is 9.11. The number of halogens is 3. The number of anilines is 2. The van der Waals surface area contributed by atoms with E-state index < -0.39 is 4.92 Å². The maximum atomic E-state index is 11.0. The van der Waals surface area contributed by atoms with Gasteiger partial charge in [-0.1, -0.05) is 23.7 Å². The summed E-state index contributed by atoms with van der Waals surface area (Å²) in [6, 6.07) is 9.86. The summed E-state index contributed by atoms with van der Waals surface area (Å²) in [5.41, 5.74) is 1.10. The van der Waals surface area contributed by atoms with E-state index in [-0.39, 0.29) is 5.69 Å². The van der Waals surface area contributed by atoms with Crippen molar-refractivity contribution in [1.29, 1.82) is 0 Å². The summed E-state index contributed by atoms with van der Waals surface area (Å²) >= 11 is 12.7. The molecule has 0 aromatic heterocycles. The Morgan fingerprint density at radius 1 is 1.16 bits per heavy atom. The number of para-hydroxylation sites is 2. The molecule has 2 aromatic rings. The predicted molar refractivity (Wildman–Crippen MR) is 83.2 cm³/mol. The van der Waals surface area contributed by atoms with Gasteiger partial charge in [-0.15, -0.1) is 0 Å². The third-order valence-corrected chi connectivity index (χ3v) is 3.84. The molecule has 19 heavy (non-hydrogen) atoms. The van der Waals surface area contributed by atoms with Crippen LogP contribution in [0.2, 0.25) is 5.02 Å². The Hall–Kier alpha value is -1.11. The minimum atomic E-state index is -0.430. The van der Waals surface area contributed by atoms with E-state index in [0.29, 0.717) is 25.3 Å². The highest BCUT2D eigenvalue weighted by Crippen LogP contribution is 2.38. The van der Waals surface area contributed by atoms with Crippen molar-refractivity contribution in [2.24, 2.45) is 0 Å². The molecule has 7 heteroatoms. The molecule has 0 radical (unpaired) electrons. The predicted octanol–water partition coefficient (Wildman–Crippen LogP) is 5.52. The number of rotatable bonds is 3. The van der Waals surface area contributed by atoms with Crippen molar-refractivity contribution >= 4 is 60.5 Å². The van der Waals surface area contributed by atoms with Gasteiger partial charge in [-0.3, -0.25) is 10.1 Å². The van der Waals surface area contributed by atoms with E-state index >= 15 is 0 Å². The van der Waals surface area contributed by atoms with E-state index in [9.17, 15) is 10.1 Å². The molecule has 0 atom stereocenters. The van der Waals surface area contributed by atoms with Crippen molar-refractivity contribution in [2.75, 3.05) is 5.32 Å². The monoisotopic (exact) mass is 404 g/mol. The van der Waals surface area contributed by atoms with Gasteiger partial charge in [-0.25, -0.2) is 0 Å². The molecule has 0 saturated carbocycles. The van der Waals surface area contributed by atoms with Gasteiger partial charge in [-0.05, 0) is 50.1 Å². The van der Waals surface area contributed by atoms with Gasteiger partial charge >= 0.3 is 0 Å². The lowest BCUT2D eigenvalue weighted by Crippen LogP contribution is -1.98. The van der Waals surface area contributed by atoms with Gasteiger partial charge in [-0.2, -0.15) is 0 Å². The van der Waals surface area contributed by atoms with Gasteiger partial charge < -0.3 is 5.32 Å². The third-order valence-electron chi connectivity index (χ3n) is 2.37. The summed E-state index contributed by atoms with van der Waals surface area (Å²) in [5.74, 6) is 0. The third kappa shape index (κ3) is 3.26. The molecule has 2 rings (SSSR count). The summed E-state index contributed by atoms with van der Waals surface area (Å²) < 4.78 is 1.43. The Labute approximate surface area is 131 Å². The molecular weight excluding hydrogens is 399 g/mol. The van der Waals surface area contributed by atoms with Crippen molar-refractivity contribution in [3.63, 3.8) is 0 Å². The molecule has 0 spiro atoms. The Morgan fingerprint density at radius 3 is 2.32 bits per heavy atom. The molecule has 0 amide bonds. The zero-order chi connectivity index (χ0) is 14.0. The van der Waals surface area contributed by atoms with Crippen LogP contribution < -0.4 is 5.32 Å². The second kappa shape index (κ2) is 5.90. The molecule has 1 N–H and O–H groups in total. The minimum Gasteiger partial charge on any atom is -0.348 e. The van der Waals surface area contributed by atoms with Crippen LogP contribution in [0.15, 0.2) is 45.3 Å². The SMILES string of the molecule is O=[N+]([O-])c1ccccc1Nc1c(Br)cc(Cl)cc1Br. The van der Waals surface area contributed by atoms with Crippen molar-refractivity contribution in [1.82, 2.24) is 0 Å². The van der Waals surface area contributed by atoms with Crippen LogP contribution in [0.4, 0.5) is 17.1 Å². The van der Waals surface area contributed by atoms with Gasteiger partial charge in [0.05, 0.1) is 10.6 Å². The fourth-order valence-corrected chi connectivity index (χ4v) is 3.40. The summed E-state index contributed by atoms with van der Waals surface area (Å²) in [7, 11) is 0. The molecule has 0 saturated heterocycles. The topological polar surface area (TPSA) is 55.2 Å². The van der Waals surface area contributed by atoms with Crippen LogP contribution in [-0.2, 0) is 0 Å². The molecular formula is C12H7Br2ClN2O2. The van der Waals surface area contributed by atoms with Crippen molar-refractivity contribution < 1.29 is 4.92 Å². The average Bonchev–Trinajstić information content (AvgIpc) is 2.34. The van der Waals surface area contributed by atoms with Crippen molar-refractivity contribution in [3.8, 4) is 0 Å². The zero-order valence-corrected chi connectivity index (χ0v) is 13.3. The normalized spacial score (nSPS) is 10.3. The Balaban J connectivity index is 2.45. The molecule has 0 aliphatic rings. The van der Waals surface area contributed by atoms with Crippen LogP contribution in [0.5, 0.6) is 0 Å². The number of nitrogens with zero attached hydrogens (tertiary/aromatic N) is 1. The molecule has 0 aliphatic carbocycles. The number of hydrogen-bond acceptors (Lipinski definition) is 3. The first-order chi connectivity index (χ1) is 8.99. The van der Waals surface area contributed by atoms with E-state index in [1.54, 1.807) is 30.3 Å². The summed E-state index contributed by atoms with van der Waals surface area (Å²) in [5, 5.41) is 14.5. The number of hydrogen-bond donors (Lipinski definition) is 1. The summed E-state index contributed by atoms with van der Waals surface area (Å²) in [4.78, 5) is 10.5. The molecule has 4 nitrogen and oxygen atoms in total. The lowest BCUT2D eigenvalue weighted by Gasteiger charge is -2.11. The quantitative estimate of drug-likeness (QED) is 0.540. The van der Waals surface area contributed by atoms with Crippen molar-refractivity contribution in [3.05, 3.63) is 60.5 Å². The fraction of sp³-hybridized carbons (Fsp3) is 0. The maximum Gasteiger partial charge on any atom is 0.292 e. The molecule has 0 unspecified atom stereocenters. The lowest BCUT2D eigenvalue weighted by molar-refractivity contribution is -0.383. The van der Waals surface area contributed by atoms with Crippen LogP contribution in [0.1, 0.15) is 0 Å². The van der Waals surface area contributed by atoms with Gasteiger partial charge in [0.15, 0.2) is 0 Å². The first kappa shape index (κ1) is 14.3. The van der Waals surface area contributed by atoms with E-state index in [1.165, 1.54) is 6.07 Å². The Bertz CT molecular complexity index is 626. The minimum absolute atomic E-state index is 0.0104. The lowest BCUT2D eigenvalue weighted by atomic mass is 10.2. The number of nitro benzene ring substituents is 1. The number of nitro groups is 1. The molecule has 0 heterocycles. The second-order valence-corrected chi connectivity index (χ2v) is 5.79. The highest BCUT2D eigenvalue weighted by atomic mass is 79.9. The molecule has 2 aromatic carbocycles. The molecule has 0 fully saturated rings. The number of nitrogens with one attached hydrogen (secondary N) is 1. The van der Waals surface area contributed by atoms with Crippen LogP contribution in [-0.4, -0.2) is 4.92 Å². The highest BCUT2D eigenvalue weighted by Gasteiger charge is 2.15. The smallest absolute Gasteiger partial charge is 0.292 e. The van der Waals surface area contributed by atoms with E-state index in [2.05, 4.69) is 37.2 Å². The first-order valence-corrected chi connectivity index (χ1v) is 7.10. The van der Waals surface area contributed by atoms with Gasteiger partial charge in [0.1, 0.15) is 5.69 Å².